The molecule has 13 N–H and O–H groups in total. The number of hydrogen-bond donors (Lipinski definition) is 9. The summed E-state index contributed by atoms with van der Waals surface area (Å²) in [5.41, 5.74) is 25.8. The topological polar surface area (TPSA) is 337 Å². The van der Waals surface area contributed by atoms with Gasteiger partial charge in [-0.3, -0.25) is 4.55 Å². The quantitative estimate of drug-likeness (QED) is 0.0506. The van der Waals surface area contributed by atoms with E-state index in [1.807, 2.05) is 30.3 Å². The van der Waals surface area contributed by atoms with Gasteiger partial charge in [0, 0.05) is 37.2 Å². The lowest BCUT2D eigenvalue weighted by Crippen LogP contribution is -2.24. The SMILES string of the molecule is CN(CCO)c1ccc(N)cc1S(=O)(=O)CCO.Cc1ccc(S(=O)(=O)c2cc(N)ccc2N)cc1S(=O)(=O)O.Nc1ccc(NCCc2ccccc2)c(S(=O)(=O)CCO)c1. The minimum Gasteiger partial charge on any atom is -0.399 e. The van der Waals surface area contributed by atoms with Crippen molar-refractivity contribution in [1.82, 2.24) is 0 Å². The number of nitrogens with two attached hydrogens (primary N) is 4. The monoisotopic (exact) mass is 936 g/mol. The minimum atomic E-state index is -4.54. The number of rotatable bonds is 16. The zero-order valence-corrected chi connectivity index (χ0v) is 37.2. The molecule has 0 heterocycles. The molecule has 0 amide bonds. The molecule has 0 unspecified atom stereocenters. The number of nitrogens with one attached hydrogen (secondary N) is 1. The van der Waals surface area contributed by atoms with E-state index in [1.54, 1.807) is 36.2 Å². The maximum Gasteiger partial charge on any atom is 0.294 e. The van der Waals surface area contributed by atoms with Gasteiger partial charge in [-0.2, -0.15) is 8.42 Å². The van der Waals surface area contributed by atoms with E-state index in [1.165, 1.54) is 55.0 Å². The Labute approximate surface area is 362 Å². The lowest BCUT2D eigenvalue weighted by Gasteiger charge is -2.21. The molecule has 0 aromatic heterocycles. The van der Waals surface area contributed by atoms with Crippen LogP contribution in [0.2, 0.25) is 0 Å². The summed E-state index contributed by atoms with van der Waals surface area (Å²) in [6, 6.07) is 26.6. The van der Waals surface area contributed by atoms with Crippen LogP contribution in [0, 0.1) is 6.92 Å². The molecule has 0 fully saturated rings. The molecule has 0 aliphatic carbocycles. The summed E-state index contributed by atoms with van der Waals surface area (Å²) in [6.45, 7) is 1.41. The second-order valence-electron chi connectivity index (χ2n) is 13.6. The Bertz CT molecular complexity index is 2760. The van der Waals surface area contributed by atoms with Crippen LogP contribution in [0.25, 0.3) is 0 Å². The lowest BCUT2D eigenvalue weighted by molar-refractivity contribution is 0.304. The number of aryl methyl sites for hydroxylation is 1. The fraction of sp³-hybridized carbons (Fsp3) is 0.250. The van der Waals surface area contributed by atoms with E-state index >= 15 is 0 Å². The molecule has 62 heavy (non-hydrogen) atoms. The van der Waals surface area contributed by atoms with Crippen LogP contribution in [-0.2, 0) is 46.1 Å². The zero-order chi connectivity index (χ0) is 46.5. The molecule has 0 bridgehead atoms. The summed E-state index contributed by atoms with van der Waals surface area (Å²) in [7, 11) is -14.1. The summed E-state index contributed by atoms with van der Waals surface area (Å²) in [5.74, 6) is -0.666. The molecule has 5 aromatic rings. The van der Waals surface area contributed by atoms with Crippen LogP contribution in [0.5, 0.6) is 0 Å². The molecule has 0 saturated carbocycles. The van der Waals surface area contributed by atoms with Gasteiger partial charge < -0.3 is 48.5 Å². The summed E-state index contributed by atoms with van der Waals surface area (Å²) in [5, 5.41) is 29.7. The van der Waals surface area contributed by atoms with E-state index in [4.69, 9.17) is 42.8 Å². The van der Waals surface area contributed by atoms with Crippen LogP contribution < -0.4 is 33.2 Å². The molecule has 5 rings (SSSR count). The van der Waals surface area contributed by atoms with E-state index in [9.17, 15) is 33.7 Å². The van der Waals surface area contributed by atoms with Crippen molar-refractivity contribution in [3.05, 3.63) is 114 Å². The first-order valence-corrected chi connectivity index (χ1v) is 24.8. The van der Waals surface area contributed by atoms with Crippen LogP contribution in [0.1, 0.15) is 11.1 Å². The van der Waals surface area contributed by atoms with Crippen molar-refractivity contribution in [2.45, 2.75) is 37.8 Å². The van der Waals surface area contributed by atoms with Gasteiger partial charge in [0.2, 0.25) is 9.84 Å². The van der Waals surface area contributed by atoms with Gasteiger partial charge in [-0.05, 0) is 91.2 Å². The number of hydrogen-bond acceptors (Lipinski definition) is 17. The molecule has 5 aromatic carbocycles. The number of benzene rings is 5. The molecule has 338 valence electrons. The standard InChI is InChI=1S/C16H20N2O3S.C13H14N2O5S2.C11H18N2O4S/c17-14-6-7-15(16(12-14)22(20,21)11-10-19)18-9-8-13-4-2-1-3-5-13;1-8-2-4-10(7-12(8)22(18,19)20)21(16,17)13-6-9(14)3-5-11(13)15;1-13(4-5-14)10-3-2-9(12)8-11(10)18(16,17)7-6-15/h1-7,12,18-19H,8-11,17H2;2-7H,14-15H2,1H3,(H,18,19,20);2-3,8,14-15H,4-7,12H2,1H3. The van der Waals surface area contributed by atoms with Crippen LogP contribution >= 0.6 is 0 Å². The first kappa shape index (κ1) is 50.9. The first-order chi connectivity index (χ1) is 29.0. The van der Waals surface area contributed by atoms with E-state index in [-0.39, 0.29) is 54.6 Å². The second kappa shape index (κ2) is 22.1. The number of sulfone groups is 3. The van der Waals surface area contributed by atoms with Crippen LogP contribution in [-0.4, -0.2) is 105 Å². The van der Waals surface area contributed by atoms with Crippen molar-refractivity contribution in [2.24, 2.45) is 0 Å². The van der Waals surface area contributed by atoms with E-state index < -0.39 is 57.7 Å². The molecular formula is C40H52N6O12S4. The molecule has 0 radical (unpaired) electrons. The van der Waals surface area contributed by atoms with Crippen LogP contribution in [0.4, 0.5) is 34.1 Å². The van der Waals surface area contributed by atoms with Gasteiger partial charge in [0.1, 0.15) is 0 Å². The minimum absolute atomic E-state index is 0.0109. The normalized spacial score (nSPS) is 11.7. The number of likely N-dealkylation sites (N-methyl/N-ethyl adjacent to an activating group) is 1. The van der Waals surface area contributed by atoms with Crippen molar-refractivity contribution in [3.8, 4) is 0 Å². The van der Waals surface area contributed by atoms with Gasteiger partial charge in [-0.15, -0.1) is 0 Å². The maximum absolute atomic E-state index is 12.6. The summed E-state index contributed by atoms with van der Waals surface area (Å²) < 4.78 is 105. The Hall–Kier alpha value is -5.46. The fourth-order valence-electron chi connectivity index (χ4n) is 5.69. The molecule has 0 aliphatic rings. The average molecular weight is 937 g/mol. The van der Waals surface area contributed by atoms with Crippen molar-refractivity contribution < 1.29 is 53.5 Å². The third kappa shape index (κ3) is 14.0. The Balaban J connectivity index is 0.000000249. The molecule has 0 saturated heterocycles. The van der Waals surface area contributed by atoms with Crippen LogP contribution in [0.15, 0.2) is 128 Å². The van der Waals surface area contributed by atoms with Gasteiger partial charge in [0.25, 0.3) is 10.1 Å². The highest BCUT2D eigenvalue weighted by Crippen LogP contribution is 2.31. The van der Waals surface area contributed by atoms with Gasteiger partial charge in [-0.25, -0.2) is 25.3 Å². The highest BCUT2D eigenvalue weighted by molar-refractivity contribution is 7.92. The number of aliphatic hydroxyl groups excluding tert-OH is 3. The summed E-state index contributed by atoms with van der Waals surface area (Å²) >= 11 is 0. The zero-order valence-electron chi connectivity index (χ0n) is 33.9. The predicted octanol–water partition coefficient (Wildman–Crippen LogP) is 2.39. The Kier molecular flexibility index (Phi) is 18.1. The molecular weight excluding hydrogens is 885 g/mol. The van der Waals surface area contributed by atoms with E-state index in [2.05, 4.69) is 5.32 Å². The third-order valence-electron chi connectivity index (χ3n) is 8.87. The fourth-order valence-corrected chi connectivity index (χ4v) is 10.5. The van der Waals surface area contributed by atoms with Crippen molar-refractivity contribution in [1.29, 1.82) is 0 Å². The van der Waals surface area contributed by atoms with E-state index in [0.29, 0.717) is 35.8 Å². The second-order valence-corrected chi connectivity index (χ2v) is 21.0. The van der Waals surface area contributed by atoms with Gasteiger partial charge >= 0.3 is 0 Å². The number of nitrogen functional groups attached to an aromatic ring is 4. The maximum atomic E-state index is 12.6. The lowest BCUT2D eigenvalue weighted by atomic mass is 10.1. The smallest absolute Gasteiger partial charge is 0.294 e. The number of anilines is 6. The molecule has 22 heteroatoms. The predicted molar refractivity (Wildman–Crippen MR) is 241 cm³/mol. The first-order valence-electron chi connectivity index (χ1n) is 18.5. The van der Waals surface area contributed by atoms with Crippen molar-refractivity contribution in [3.63, 3.8) is 0 Å². The largest absolute Gasteiger partial charge is 0.399 e. The van der Waals surface area contributed by atoms with Crippen LogP contribution in [0.3, 0.4) is 0 Å². The molecule has 0 spiro atoms. The van der Waals surface area contributed by atoms with Gasteiger partial charge in [-0.1, -0.05) is 36.4 Å². The van der Waals surface area contributed by atoms with Gasteiger partial charge in [0.05, 0.1) is 72.9 Å². The molecule has 0 atom stereocenters. The number of aliphatic hydroxyl groups is 3. The highest BCUT2D eigenvalue weighted by Gasteiger charge is 2.25. The number of nitrogens with zero attached hydrogens (tertiary/aromatic N) is 1. The van der Waals surface area contributed by atoms with Crippen molar-refractivity contribution in [2.75, 3.05) is 84.6 Å². The highest BCUT2D eigenvalue weighted by atomic mass is 32.2. The van der Waals surface area contributed by atoms with E-state index in [0.717, 1.165) is 12.5 Å². The van der Waals surface area contributed by atoms with Crippen molar-refractivity contribution >= 4 is 73.8 Å². The summed E-state index contributed by atoms with van der Waals surface area (Å²) in [6.07, 6.45) is 0.782. The third-order valence-corrected chi connectivity index (χ3v) is 15.1. The molecule has 0 aliphatic heterocycles. The Morgan fingerprint density at radius 1 is 0.597 bits per heavy atom. The molecule has 18 nitrogen and oxygen atoms in total. The Morgan fingerprint density at radius 2 is 1.13 bits per heavy atom. The average Bonchev–Trinajstić information content (AvgIpc) is 3.20. The van der Waals surface area contributed by atoms with Gasteiger partial charge in [0.15, 0.2) is 19.7 Å². The Morgan fingerprint density at radius 3 is 1.69 bits per heavy atom. The summed E-state index contributed by atoms with van der Waals surface area (Å²) in [4.78, 5) is 0.836.